The Bertz CT molecular complexity index is 249. The average Bonchev–Trinajstić information content (AvgIpc) is 2.28. The SMILES string of the molecule is Cc1nc(Cl)oc1C(N)CO. The van der Waals surface area contributed by atoms with Crippen LogP contribution in [0, 0.1) is 6.92 Å². The summed E-state index contributed by atoms with van der Waals surface area (Å²) < 4.78 is 4.94. The lowest BCUT2D eigenvalue weighted by Crippen LogP contribution is -2.14. The number of halogens is 1. The van der Waals surface area contributed by atoms with Crippen molar-refractivity contribution in [1.82, 2.24) is 4.98 Å². The van der Waals surface area contributed by atoms with Crippen molar-refractivity contribution in [3.05, 3.63) is 16.8 Å². The van der Waals surface area contributed by atoms with Crippen LogP contribution in [0.5, 0.6) is 0 Å². The molecule has 1 aromatic rings. The second-order valence-electron chi connectivity index (χ2n) is 2.21. The predicted molar refractivity (Wildman–Crippen MR) is 40.3 cm³/mol. The normalized spacial score (nSPS) is 13.5. The number of aryl methyl sites for hydroxylation is 1. The maximum absolute atomic E-state index is 8.67. The Morgan fingerprint density at radius 1 is 1.82 bits per heavy atom. The molecule has 3 N–H and O–H groups in total. The fraction of sp³-hybridized carbons (Fsp3) is 0.500. The van der Waals surface area contributed by atoms with Gasteiger partial charge in [-0.1, -0.05) is 0 Å². The first-order valence-electron chi connectivity index (χ1n) is 3.14. The highest BCUT2D eigenvalue weighted by molar-refractivity contribution is 6.27. The summed E-state index contributed by atoms with van der Waals surface area (Å²) in [5.74, 6) is 0.442. The van der Waals surface area contributed by atoms with Gasteiger partial charge in [0.1, 0.15) is 5.76 Å². The van der Waals surface area contributed by atoms with Crippen LogP contribution in [0.25, 0.3) is 0 Å². The van der Waals surface area contributed by atoms with Gasteiger partial charge in [0, 0.05) is 0 Å². The zero-order valence-corrected chi connectivity index (χ0v) is 6.80. The Morgan fingerprint density at radius 3 is 2.82 bits per heavy atom. The van der Waals surface area contributed by atoms with E-state index in [1.165, 1.54) is 0 Å². The lowest BCUT2D eigenvalue weighted by atomic mass is 10.2. The van der Waals surface area contributed by atoms with Crippen LogP contribution in [0.3, 0.4) is 0 Å². The number of oxazole rings is 1. The number of aliphatic hydroxyl groups excluding tert-OH is 1. The van der Waals surface area contributed by atoms with Gasteiger partial charge in [-0.15, -0.1) is 0 Å². The first-order chi connectivity index (χ1) is 5.15. The van der Waals surface area contributed by atoms with Crippen LogP contribution >= 0.6 is 11.6 Å². The average molecular weight is 177 g/mol. The molecule has 0 saturated carbocycles. The van der Waals surface area contributed by atoms with Crippen LogP contribution in [0.1, 0.15) is 17.5 Å². The first kappa shape index (κ1) is 8.52. The van der Waals surface area contributed by atoms with E-state index in [4.69, 9.17) is 26.9 Å². The summed E-state index contributed by atoms with van der Waals surface area (Å²) in [5.41, 5.74) is 6.09. The molecule has 0 amide bonds. The van der Waals surface area contributed by atoms with E-state index in [1.807, 2.05) is 0 Å². The number of hydrogen-bond donors (Lipinski definition) is 2. The molecule has 0 aliphatic rings. The summed E-state index contributed by atoms with van der Waals surface area (Å²) in [5, 5.41) is 8.72. The lowest BCUT2D eigenvalue weighted by molar-refractivity contribution is 0.251. The highest BCUT2D eigenvalue weighted by atomic mass is 35.5. The number of nitrogens with two attached hydrogens (primary N) is 1. The van der Waals surface area contributed by atoms with E-state index in [0.717, 1.165) is 0 Å². The van der Waals surface area contributed by atoms with Crippen LogP contribution in [0.4, 0.5) is 0 Å². The molecule has 4 nitrogen and oxygen atoms in total. The smallest absolute Gasteiger partial charge is 0.292 e. The van der Waals surface area contributed by atoms with Crippen molar-refractivity contribution >= 4 is 11.6 Å². The second-order valence-corrected chi connectivity index (χ2v) is 2.53. The number of nitrogens with zero attached hydrogens (tertiary/aromatic N) is 1. The monoisotopic (exact) mass is 176 g/mol. The maximum atomic E-state index is 8.67. The summed E-state index contributed by atoms with van der Waals surface area (Å²) in [6.07, 6.45) is 0. The van der Waals surface area contributed by atoms with Crippen LogP contribution < -0.4 is 5.73 Å². The Kier molecular flexibility index (Phi) is 2.49. The van der Waals surface area contributed by atoms with Crippen molar-refractivity contribution in [2.75, 3.05) is 6.61 Å². The molecular formula is C6H9ClN2O2. The van der Waals surface area contributed by atoms with Crippen molar-refractivity contribution in [3.63, 3.8) is 0 Å². The standard InChI is InChI=1S/C6H9ClN2O2/c1-3-5(4(8)2-10)11-6(7)9-3/h4,10H,2,8H2,1H3. The zero-order valence-electron chi connectivity index (χ0n) is 6.04. The molecule has 0 aliphatic carbocycles. The third-order valence-electron chi connectivity index (χ3n) is 1.34. The molecule has 62 valence electrons. The summed E-state index contributed by atoms with van der Waals surface area (Å²) in [7, 11) is 0. The van der Waals surface area contributed by atoms with E-state index in [2.05, 4.69) is 4.98 Å². The summed E-state index contributed by atoms with van der Waals surface area (Å²) in [4.78, 5) is 3.79. The van der Waals surface area contributed by atoms with Gasteiger partial charge in [-0.3, -0.25) is 0 Å². The van der Waals surface area contributed by atoms with Crippen LogP contribution in [0.2, 0.25) is 5.35 Å². The van der Waals surface area contributed by atoms with Crippen molar-refractivity contribution in [2.24, 2.45) is 5.73 Å². The van der Waals surface area contributed by atoms with Crippen molar-refractivity contribution in [3.8, 4) is 0 Å². The van der Waals surface area contributed by atoms with Gasteiger partial charge in [-0.05, 0) is 18.5 Å². The molecule has 11 heavy (non-hydrogen) atoms. The summed E-state index contributed by atoms with van der Waals surface area (Å²) in [6, 6.07) is -0.532. The third-order valence-corrected chi connectivity index (χ3v) is 1.50. The molecule has 0 aliphatic heterocycles. The fourth-order valence-corrected chi connectivity index (χ4v) is 1.01. The van der Waals surface area contributed by atoms with Gasteiger partial charge < -0.3 is 15.3 Å². The first-order valence-corrected chi connectivity index (χ1v) is 3.52. The maximum Gasteiger partial charge on any atom is 0.292 e. The van der Waals surface area contributed by atoms with E-state index in [9.17, 15) is 0 Å². The Morgan fingerprint density at radius 2 is 2.45 bits per heavy atom. The largest absolute Gasteiger partial charge is 0.431 e. The highest BCUT2D eigenvalue weighted by Crippen LogP contribution is 2.19. The lowest BCUT2D eigenvalue weighted by Gasteiger charge is -2.02. The minimum atomic E-state index is -0.532. The molecule has 0 aromatic carbocycles. The van der Waals surface area contributed by atoms with Crippen molar-refractivity contribution < 1.29 is 9.52 Å². The van der Waals surface area contributed by atoms with Gasteiger partial charge in [-0.25, -0.2) is 4.98 Å². The second kappa shape index (κ2) is 3.21. The van der Waals surface area contributed by atoms with Gasteiger partial charge in [0.15, 0.2) is 0 Å². The number of rotatable bonds is 2. The Balaban J connectivity index is 2.93. The third kappa shape index (κ3) is 1.71. The van der Waals surface area contributed by atoms with E-state index in [1.54, 1.807) is 6.92 Å². The molecule has 0 bridgehead atoms. The van der Waals surface area contributed by atoms with Gasteiger partial charge in [0.05, 0.1) is 18.3 Å². The molecule has 0 spiro atoms. The van der Waals surface area contributed by atoms with Gasteiger partial charge in [-0.2, -0.15) is 0 Å². The molecule has 0 saturated heterocycles. The molecule has 1 aromatic heterocycles. The van der Waals surface area contributed by atoms with E-state index in [-0.39, 0.29) is 12.0 Å². The molecule has 0 fully saturated rings. The minimum absolute atomic E-state index is 0.0569. The summed E-state index contributed by atoms with van der Waals surface area (Å²) in [6.45, 7) is 1.55. The molecule has 1 unspecified atom stereocenters. The van der Waals surface area contributed by atoms with Gasteiger partial charge in [0.25, 0.3) is 5.35 Å². The van der Waals surface area contributed by atoms with Gasteiger partial charge in [0.2, 0.25) is 0 Å². The van der Waals surface area contributed by atoms with E-state index >= 15 is 0 Å². The predicted octanol–water partition coefficient (Wildman–Crippen LogP) is 0.629. The molecule has 0 radical (unpaired) electrons. The Hall–Kier alpha value is -0.580. The van der Waals surface area contributed by atoms with Crippen LogP contribution in [-0.2, 0) is 0 Å². The van der Waals surface area contributed by atoms with Crippen molar-refractivity contribution in [1.29, 1.82) is 0 Å². The molecule has 1 rings (SSSR count). The van der Waals surface area contributed by atoms with E-state index in [0.29, 0.717) is 11.5 Å². The molecular weight excluding hydrogens is 168 g/mol. The topological polar surface area (TPSA) is 72.3 Å². The quantitative estimate of drug-likeness (QED) is 0.693. The molecule has 1 heterocycles. The fourth-order valence-electron chi connectivity index (χ4n) is 0.801. The minimum Gasteiger partial charge on any atom is -0.431 e. The van der Waals surface area contributed by atoms with Crippen LogP contribution in [0.15, 0.2) is 4.42 Å². The number of aliphatic hydroxyl groups is 1. The Labute approximate surface area is 69.0 Å². The van der Waals surface area contributed by atoms with E-state index < -0.39 is 6.04 Å². The number of hydrogen-bond acceptors (Lipinski definition) is 4. The molecule has 5 heteroatoms. The number of aromatic nitrogens is 1. The van der Waals surface area contributed by atoms with Gasteiger partial charge >= 0.3 is 0 Å². The van der Waals surface area contributed by atoms with Crippen LogP contribution in [-0.4, -0.2) is 16.7 Å². The highest BCUT2D eigenvalue weighted by Gasteiger charge is 2.14. The summed E-state index contributed by atoms with van der Waals surface area (Å²) >= 11 is 5.45. The van der Waals surface area contributed by atoms with Crippen molar-refractivity contribution in [2.45, 2.75) is 13.0 Å². The zero-order chi connectivity index (χ0) is 8.43. The molecule has 1 atom stereocenters.